The van der Waals surface area contributed by atoms with E-state index in [4.69, 9.17) is 14.2 Å². The van der Waals surface area contributed by atoms with Gasteiger partial charge in [0.25, 0.3) is 0 Å². The van der Waals surface area contributed by atoms with Crippen molar-refractivity contribution in [2.75, 3.05) is 13.7 Å². The summed E-state index contributed by atoms with van der Waals surface area (Å²) in [5.41, 5.74) is 0.866. The van der Waals surface area contributed by atoms with Crippen molar-refractivity contribution < 1.29 is 24.1 Å². The molecule has 1 saturated heterocycles. The van der Waals surface area contributed by atoms with Gasteiger partial charge in [-0.25, -0.2) is 14.3 Å². The van der Waals surface area contributed by atoms with Crippen LogP contribution in [-0.4, -0.2) is 58.4 Å². The summed E-state index contributed by atoms with van der Waals surface area (Å²) >= 11 is 0. The molecule has 1 aliphatic heterocycles. The zero-order chi connectivity index (χ0) is 19.6. The van der Waals surface area contributed by atoms with E-state index in [0.29, 0.717) is 6.42 Å². The third kappa shape index (κ3) is 4.10. The second-order valence-corrected chi connectivity index (χ2v) is 7.95. The van der Waals surface area contributed by atoms with Gasteiger partial charge in [0.15, 0.2) is 0 Å². The van der Waals surface area contributed by atoms with Gasteiger partial charge in [-0.1, -0.05) is 11.6 Å². The highest BCUT2D eigenvalue weighted by Crippen LogP contribution is 2.53. The Morgan fingerprint density at radius 1 is 1.44 bits per heavy atom. The van der Waals surface area contributed by atoms with Crippen LogP contribution in [-0.2, 0) is 14.2 Å². The highest BCUT2D eigenvalue weighted by atomic mass is 16.6. The number of methoxy groups -OCH3 is 1. The molecule has 6 atom stereocenters. The Labute approximate surface area is 160 Å². The minimum Gasteiger partial charge on any atom is -0.443 e. The van der Waals surface area contributed by atoms with E-state index < -0.39 is 6.09 Å². The van der Waals surface area contributed by atoms with Crippen LogP contribution in [0.2, 0.25) is 0 Å². The number of epoxide rings is 1. The number of aromatic nitrogens is 2. The molecule has 2 aliphatic rings. The molecule has 150 valence electrons. The van der Waals surface area contributed by atoms with E-state index in [9.17, 15) is 9.90 Å². The third-order valence-corrected chi connectivity index (χ3v) is 5.90. The molecule has 2 heterocycles. The standard InChI is InChI=1S/C20H30N2O5/c1-13(2)5-8-16-20(3,27-16)17-14(11-23)6-7-15(18(17)25-4)26-19(24)22-10-9-21-12-22/h5,9-10,12,14-18,23H,6-8,11H2,1-4H3/t14-,15-,16-,17-,18-,20+/m1/s1. The molecular formula is C20H30N2O5. The molecule has 3 rings (SSSR count). The van der Waals surface area contributed by atoms with Gasteiger partial charge in [0, 0.05) is 32.0 Å². The Balaban J connectivity index is 1.76. The molecule has 7 heteroatoms. The number of hydrogen-bond donors (Lipinski definition) is 1. The first kappa shape index (κ1) is 20.0. The van der Waals surface area contributed by atoms with Crippen LogP contribution < -0.4 is 0 Å². The van der Waals surface area contributed by atoms with E-state index in [1.54, 1.807) is 13.3 Å². The van der Waals surface area contributed by atoms with Gasteiger partial charge >= 0.3 is 6.09 Å². The first-order valence-electron chi connectivity index (χ1n) is 9.54. The second kappa shape index (κ2) is 8.12. The number of carbonyl (C=O) groups is 1. The van der Waals surface area contributed by atoms with Gasteiger partial charge < -0.3 is 19.3 Å². The molecule has 0 aromatic carbocycles. The van der Waals surface area contributed by atoms with Crippen molar-refractivity contribution in [2.45, 2.75) is 63.9 Å². The summed E-state index contributed by atoms with van der Waals surface area (Å²) in [4.78, 5) is 16.2. The highest BCUT2D eigenvalue weighted by Gasteiger charge is 2.63. The topological polar surface area (TPSA) is 86.1 Å². The zero-order valence-electron chi connectivity index (χ0n) is 16.5. The molecule has 0 bridgehead atoms. The van der Waals surface area contributed by atoms with Crippen molar-refractivity contribution in [2.24, 2.45) is 11.8 Å². The predicted octanol–water partition coefficient (Wildman–Crippen LogP) is 2.78. The maximum Gasteiger partial charge on any atom is 0.419 e. The zero-order valence-corrected chi connectivity index (χ0v) is 16.5. The van der Waals surface area contributed by atoms with Crippen molar-refractivity contribution in [1.82, 2.24) is 9.55 Å². The summed E-state index contributed by atoms with van der Waals surface area (Å²) in [7, 11) is 1.63. The number of allylic oxidation sites excluding steroid dienone is 1. The van der Waals surface area contributed by atoms with E-state index in [1.807, 2.05) is 0 Å². The van der Waals surface area contributed by atoms with Crippen molar-refractivity contribution in [3.8, 4) is 0 Å². The average Bonchev–Trinajstić information content (AvgIpc) is 3.05. The number of nitrogens with zero attached hydrogens (tertiary/aromatic N) is 2. The number of ether oxygens (including phenoxy) is 3. The van der Waals surface area contributed by atoms with Gasteiger partial charge in [0.2, 0.25) is 0 Å². The van der Waals surface area contributed by atoms with Gasteiger partial charge in [0.1, 0.15) is 18.5 Å². The molecule has 0 spiro atoms. The van der Waals surface area contributed by atoms with Gasteiger partial charge in [-0.2, -0.15) is 0 Å². The summed E-state index contributed by atoms with van der Waals surface area (Å²) < 4.78 is 18.9. The van der Waals surface area contributed by atoms with Crippen LogP contribution in [0.5, 0.6) is 0 Å². The lowest BCUT2D eigenvalue weighted by Crippen LogP contribution is -2.52. The summed E-state index contributed by atoms with van der Waals surface area (Å²) in [6, 6.07) is 0. The largest absolute Gasteiger partial charge is 0.443 e. The van der Waals surface area contributed by atoms with Gasteiger partial charge in [0.05, 0.1) is 11.7 Å². The first-order chi connectivity index (χ1) is 12.9. The lowest BCUT2D eigenvalue weighted by atomic mass is 9.68. The Hall–Kier alpha value is -1.70. The first-order valence-corrected chi connectivity index (χ1v) is 9.54. The molecular weight excluding hydrogens is 348 g/mol. The number of imidazole rings is 1. The Kier molecular flexibility index (Phi) is 6.03. The summed E-state index contributed by atoms with van der Waals surface area (Å²) in [6.07, 6.45) is 7.83. The fourth-order valence-corrected chi connectivity index (χ4v) is 4.39. The van der Waals surface area contributed by atoms with Crippen molar-refractivity contribution in [3.05, 3.63) is 30.4 Å². The minimum absolute atomic E-state index is 0.0441. The summed E-state index contributed by atoms with van der Waals surface area (Å²) in [5, 5.41) is 9.95. The van der Waals surface area contributed by atoms with Gasteiger partial charge in [-0.3, -0.25) is 0 Å². The van der Waals surface area contributed by atoms with E-state index in [1.165, 1.54) is 22.7 Å². The van der Waals surface area contributed by atoms with Crippen LogP contribution in [0.15, 0.2) is 30.4 Å². The lowest BCUT2D eigenvalue weighted by molar-refractivity contribution is -0.118. The van der Waals surface area contributed by atoms with Gasteiger partial charge in [-0.05, 0) is 46.0 Å². The Morgan fingerprint density at radius 3 is 2.81 bits per heavy atom. The number of aliphatic hydroxyl groups is 1. The molecule has 1 aliphatic carbocycles. The van der Waals surface area contributed by atoms with Crippen LogP contribution >= 0.6 is 0 Å². The van der Waals surface area contributed by atoms with Gasteiger partial charge in [-0.15, -0.1) is 0 Å². The second-order valence-electron chi connectivity index (χ2n) is 7.95. The fourth-order valence-electron chi connectivity index (χ4n) is 4.39. The van der Waals surface area contributed by atoms with Crippen molar-refractivity contribution >= 4 is 6.09 Å². The van der Waals surface area contributed by atoms with E-state index in [2.05, 4.69) is 31.8 Å². The Morgan fingerprint density at radius 2 is 2.22 bits per heavy atom. The summed E-state index contributed by atoms with van der Waals surface area (Å²) in [5.74, 6) is 0.0113. The average molecular weight is 378 g/mol. The molecule has 2 fully saturated rings. The maximum atomic E-state index is 12.4. The third-order valence-electron chi connectivity index (χ3n) is 5.90. The number of carbonyl (C=O) groups excluding carboxylic acids is 1. The van der Waals surface area contributed by atoms with Crippen LogP contribution in [0.1, 0.15) is 40.0 Å². The molecule has 0 radical (unpaired) electrons. The molecule has 1 N–H and O–H groups in total. The molecule has 0 unspecified atom stereocenters. The molecule has 1 aromatic rings. The van der Waals surface area contributed by atoms with Crippen molar-refractivity contribution in [3.63, 3.8) is 0 Å². The molecule has 0 amide bonds. The van der Waals surface area contributed by atoms with E-state index in [-0.39, 0.29) is 42.4 Å². The fraction of sp³-hybridized carbons (Fsp3) is 0.700. The van der Waals surface area contributed by atoms with Crippen molar-refractivity contribution in [1.29, 1.82) is 0 Å². The number of aliphatic hydroxyl groups excluding tert-OH is 1. The van der Waals surface area contributed by atoms with E-state index >= 15 is 0 Å². The smallest absolute Gasteiger partial charge is 0.419 e. The highest BCUT2D eigenvalue weighted by molar-refractivity contribution is 5.70. The monoisotopic (exact) mass is 378 g/mol. The number of hydrogen-bond acceptors (Lipinski definition) is 6. The SMILES string of the molecule is CO[C@H]1[C@H]([C@@]2(C)O[C@@H]2CC=C(C)C)[C@@H](CO)CC[C@H]1OC(=O)n1ccnc1. The van der Waals surface area contributed by atoms with Crippen LogP contribution in [0, 0.1) is 11.8 Å². The van der Waals surface area contributed by atoms with Crippen LogP contribution in [0.3, 0.4) is 0 Å². The molecule has 7 nitrogen and oxygen atoms in total. The van der Waals surface area contributed by atoms with Crippen LogP contribution in [0.25, 0.3) is 0 Å². The summed E-state index contributed by atoms with van der Waals surface area (Å²) in [6.45, 7) is 6.29. The molecule has 1 aromatic heterocycles. The maximum absolute atomic E-state index is 12.4. The molecule has 27 heavy (non-hydrogen) atoms. The van der Waals surface area contributed by atoms with E-state index in [0.717, 1.165) is 12.8 Å². The molecule has 1 saturated carbocycles. The minimum atomic E-state index is -0.469. The number of rotatable bonds is 6. The van der Waals surface area contributed by atoms with Crippen LogP contribution in [0.4, 0.5) is 4.79 Å². The quantitative estimate of drug-likeness (QED) is 0.605. The Bertz CT molecular complexity index is 670. The predicted molar refractivity (Wildman–Crippen MR) is 99.3 cm³/mol. The normalized spacial score (nSPS) is 35.5. The lowest BCUT2D eigenvalue weighted by Gasteiger charge is -2.43.